The first-order valence-electron chi connectivity index (χ1n) is 8.56. The van der Waals surface area contributed by atoms with Gasteiger partial charge in [0, 0.05) is 18.3 Å². The number of benzene rings is 1. The molecule has 2 atom stereocenters. The summed E-state index contributed by atoms with van der Waals surface area (Å²) in [5, 5.41) is 3.78. The molecule has 3 N–H and O–H groups in total. The van der Waals surface area contributed by atoms with Crippen molar-refractivity contribution < 1.29 is 0 Å². The zero-order valence-corrected chi connectivity index (χ0v) is 13.3. The Hall–Kier alpha value is -1.06. The lowest BCUT2D eigenvalue weighted by Gasteiger charge is -2.29. The molecule has 1 aromatic rings. The molecule has 116 valence electrons. The summed E-state index contributed by atoms with van der Waals surface area (Å²) in [5.41, 5.74) is 9.68. The van der Waals surface area contributed by atoms with Crippen LogP contribution in [0, 0.1) is 5.92 Å². The summed E-state index contributed by atoms with van der Waals surface area (Å²) >= 11 is 0. The largest absolute Gasteiger partial charge is 0.399 e. The van der Waals surface area contributed by atoms with E-state index < -0.39 is 0 Å². The molecule has 2 aliphatic rings. The lowest BCUT2D eigenvalue weighted by Crippen LogP contribution is -2.37. The molecular weight excluding hydrogens is 258 g/mol. The molecule has 3 heteroatoms. The van der Waals surface area contributed by atoms with Crippen molar-refractivity contribution in [1.29, 1.82) is 0 Å². The highest BCUT2D eigenvalue weighted by Crippen LogP contribution is 2.32. The number of nitrogens with two attached hydrogens (primary N) is 1. The fraction of sp³-hybridized carbons (Fsp3) is 0.667. The molecule has 0 saturated carbocycles. The van der Waals surface area contributed by atoms with Crippen LogP contribution in [0.2, 0.25) is 0 Å². The van der Waals surface area contributed by atoms with Crippen molar-refractivity contribution in [2.75, 3.05) is 31.9 Å². The van der Waals surface area contributed by atoms with Gasteiger partial charge in [-0.1, -0.05) is 19.4 Å². The normalized spacial score (nSPS) is 24.0. The minimum Gasteiger partial charge on any atom is -0.399 e. The third-order valence-electron chi connectivity index (χ3n) is 4.98. The third kappa shape index (κ3) is 3.78. The van der Waals surface area contributed by atoms with Crippen molar-refractivity contribution >= 4 is 5.69 Å². The van der Waals surface area contributed by atoms with E-state index in [9.17, 15) is 0 Å². The summed E-state index contributed by atoms with van der Waals surface area (Å²) < 4.78 is 0. The van der Waals surface area contributed by atoms with Crippen LogP contribution in [0.15, 0.2) is 18.2 Å². The summed E-state index contributed by atoms with van der Waals surface area (Å²) in [5.74, 6) is 0.723. The van der Waals surface area contributed by atoms with E-state index in [2.05, 4.69) is 29.3 Å². The number of hydrogen-bond donors (Lipinski definition) is 2. The maximum atomic E-state index is 5.88. The zero-order chi connectivity index (χ0) is 14.7. The summed E-state index contributed by atoms with van der Waals surface area (Å²) in [6, 6.07) is 6.93. The second kappa shape index (κ2) is 6.80. The van der Waals surface area contributed by atoms with Gasteiger partial charge in [0.25, 0.3) is 0 Å². The molecule has 1 fully saturated rings. The van der Waals surface area contributed by atoms with E-state index in [4.69, 9.17) is 5.73 Å². The van der Waals surface area contributed by atoms with E-state index in [-0.39, 0.29) is 0 Å². The first kappa shape index (κ1) is 14.9. The van der Waals surface area contributed by atoms with Crippen LogP contribution in [0.25, 0.3) is 0 Å². The number of rotatable bonds is 5. The van der Waals surface area contributed by atoms with Gasteiger partial charge in [0.05, 0.1) is 0 Å². The highest BCUT2D eigenvalue weighted by Gasteiger charge is 2.22. The Morgan fingerprint density at radius 1 is 1.29 bits per heavy atom. The van der Waals surface area contributed by atoms with Crippen molar-refractivity contribution in [2.45, 2.75) is 45.1 Å². The lowest BCUT2D eigenvalue weighted by atomic mass is 10.1. The number of piperidine rings is 1. The maximum absolute atomic E-state index is 5.88. The van der Waals surface area contributed by atoms with E-state index >= 15 is 0 Å². The summed E-state index contributed by atoms with van der Waals surface area (Å²) in [6.45, 7) is 7.34. The van der Waals surface area contributed by atoms with Crippen LogP contribution in [-0.2, 0) is 6.42 Å². The summed E-state index contributed by atoms with van der Waals surface area (Å²) in [7, 11) is 0. The van der Waals surface area contributed by atoms with Crippen molar-refractivity contribution in [2.24, 2.45) is 5.92 Å². The minimum atomic E-state index is 0.532. The summed E-state index contributed by atoms with van der Waals surface area (Å²) in [6.07, 6.45) is 6.58. The number of anilines is 1. The Morgan fingerprint density at radius 2 is 2.10 bits per heavy atom. The Labute approximate surface area is 128 Å². The van der Waals surface area contributed by atoms with Gasteiger partial charge in [-0.3, -0.25) is 0 Å². The van der Waals surface area contributed by atoms with Gasteiger partial charge < -0.3 is 16.0 Å². The first-order valence-corrected chi connectivity index (χ1v) is 8.56. The molecule has 1 aliphatic heterocycles. The molecule has 21 heavy (non-hydrogen) atoms. The summed E-state index contributed by atoms with van der Waals surface area (Å²) in [4.78, 5) is 2.64. The van der Waals surface area contributed by atoms with E-state index in [1.165, 1.54) is 62.9 Å². The molecule has 0 amide bonds. The average molecular weight is 287 g/mol. The third-order valence-corrected chi connectivity index (χ3v) is 4.98. The average Bonchev–Trinajstić information content (AvgIpc) is 2.88. The van der Waals surface area contributed by atoms with Crippen molar-refractivity contribution in [3.05, 3.63) is 29.3 Å². The fourth-order valence-electron chi connectivity index (χ4n) is 3.84. The van der Waals surface area contributed by atoms with Crippen LogP contribution >= 0.6 is 0 Å². The molecule has 1 aliphatic carbocycles. The Balaban J connectivity index is 1.47. The van der Waals surface area contributed by atoms with Gasteiger partial charge in [-0.25, -0.2) is 0 Å². The SMILES string of the molecule is CC(CNC1CCc2cc(N)ccc21)CN1CCCCC1. The highest BCUT2D eigenvalue weighted by molar-refractivity contribution is 5.47. The van der Waals surface area contributed by atoms with Crippen LogP contribution in [0.4, 0.5) is 5.69 Å². The quantitative estimate of drug-likeness (QED) is 0.818. The van der Waals surface area contributed by atoms with Gasteiger partial charge in [-0.05, 0) is 74.5 Å². The van der Waals surface area contributed by atoms with Crippen LogP contribution in [0.1, 0.15) is 49.8 Å². The Morgan fingerprint density at radius 3 is 2.90 bits per heavy atom. The first-order chi connectivity index (χ1) is 10.2. The number of aryl methyl sites for hydroxylation is 1. The van der Waals surface area contributed by atoms with Crippen molar-refractivity contribution in [3.63, 3.8) is 0 Å². The monoisotopic (exact) mass is 287 g/mol. The molecule has 0 bridgehead atoms. The van der Waals surface area contributed by atoms with Crippen molar-refractivity contribution in [3.8, 4) is 0 Å². The fourth-order valence-corrected chi connectivity index (χ4v) is 3.84. The van der Waals surface area contributed by atoms with E-state index in [0.717, 1.165) is 18.2 Å². The van der Waals surface area contributed by atoms with Crippen molar-refractivity contribution in [1.82, 2.24) is 10.2 Å². The maximum Gasteiger partial charge on any atom is 0.0326 e. The van der Waals surface area contributed by atoms with Gasteiger partial charge in [0.15, 0.2) is 0 Å². The van der Waals surface area contributed by atoms with Crippen LogP contribution < -0.4 is 11.1 Å². The smallest absolute Gasteiger partial charge is 0.0326 e. The molecule has 0 aromatic heterocycles. The van der Waals surface area contributed by atoms with E-state index in [0.29, 0.717) is 6.04 Å². The van der Waals surface area contributed by atoms with Gasteiger partial charge in [-0.15, -0.1) is 0 Å². The zero-order valence-electron chi connectivity index (χ0n) is 13.3. The second-order valence-corrected chi connectivity index (χ2v) is 6.92. The van der Waals surface area contributed by atoms with Gasteiger partial charge in [0.1, 0.15) is 0 Å². The number of hydrogen-bond acceptors (Lipinski definition) is 3. The van der Waals surface area contributed by atoms with E-state index in [1.54, 1.807) is 0 Å². The van der Waals surface area contributed by atoms with Gasteiger partial charge in [0.2, 0.25) is 0 Å². The lowest BCUT2D eigenvalue weighted by molar-refractivity contribution is 0.197. The second-order valence-electron chi connectivity index (χ2n) is 6.92. The van der Waals surface area contributed by atoms with Gasteiger partial charge >= 0.3 is 0 Å². The molecule has 1 heterocycles. The minimum absolute atomic E-state index is 0.532. The molecule has 0 spiro atoms. The number of nitrogens with one attached hydrogen (secondary N) is 1. The molecular formula is C18H29N3. The predicted molar refractivity (Wildman–Crippen MR) is 89.4 cm³/mol. The van der Waals surface area contributed by atoms with Crippen LogP contribution in [-0.4, -0.2) is 31.1 Å². The van der Waals surface area contributed by atoms with Crippen LogP contribution in [0.3, 0.4) is 0 Å². The number of nitrogen functional groups attached to an aromatic ring is 1. The molecule has 1 saturated heterocycles. The molecule has 3 rings (SSSR count). The van der Waals surface area contributed by atoms with Gasteiger partial charge in [-0.2, -0.15) is 0 Å². The number of likely N-dealkylation sites (tertiary alicyclic amines) is 1. The Kier molecular flexibility index (Phi) is 4.81. The van der Waals surface area contributed by atoms with E-state index in [1.807, 2.05) is 6.07 Å². The molecule has 1 aromatic carbocycles. The number of fused-ring (bicyclic) bond motifs is 1. The molecule has 3 nitrogen and oxygen atoms in total. The van der Waals surface area contributed by atoms with Crippen LogP contribution in [0.5, 0.6) is 0 Å². The predicted octanol–water partition coefficient (Wildman–Crippen LogP) is 2.97. The number of nitrogens with zero attached hydrogens (tertiary/aromatic N) is 1. The highest BCUT2D eigenvalue weighted by atomic mass is 15.1. The molecule has 2 unspecified atom stereocenters. The standard InChI is InChI=1S/C18H29N3/c1-14(13-21-9-3-2-4-10-21)12-20-18-8-5-15-11-16(19)6-7-17(15)18/h6-7,11,14,18,20H,2-5,8-10,12-13,19H2,1H3. The topological polar surface area (TPSA) is 41.3 Å². The Bertz CT molecular complexity index is 466. The molecule has 0 radical (unpaired) electrons.